The van der Waals surface area contributed by atoms with Crippen molar-refractivity contribution in [1.29, 1.82) is 0 Å². The molecule has 0 amide bonds. The summed E-state index contributed by atoms with van der Waals surface area (Å²) < 4.78 is 5.66. The molecule has 2 aliphatic rings. The van der Waals surface area contributed by atoms with E-state index in [0.29, 0.717) is 18.1 Å². The highest BCUT2D eigenvalue weighted by atomic mass is 32.2. The van der Waals surface area contributed by atoms with Crippen molar-refractivity contribution in [3.8, 4) is 0 Å². The average Bonchev–Trinajstić information content (AvgIpc) is 2.38. The Labute approximate surface area is 126 Å². The van der Waals surface area contributed by atoms with E-state index in [9.17, 15) is 4.79 Å². The molecule has 0 saturated carbocycles. The quantitative estimate of drug-likeness (QED) is 0.845. The molecule has 2 fully saturated rings. The van der Waals surface area contributed by atoms with E-state index in [2.05, 4.69) is 30.5 Å². The van der Waals surface area contributed by atoms with Crippen LogP contribution < -0.4 is 0 Å². The molecule has 0 spiro atoms. The Morgan fingerprint density at radius 2 is 2.10 bits per heavy atom. The summed E-state index contributed by atoms with van der Waals surface area (Å²) in [5.74, 6) is 1.76. The standard InChI is InChI=1S/C15H27NO3S/c1-15(2)9-12(10-20-11-15)16-6-3-13(4-7-16)19-8-5-14(17)18/h12-13H,3-11H2,1-2H3,(H,17,18). The van der Waals surface area contributed by atoms with E-state index in [1.54, 1.807) is 0 Å². The minimum Gasteiger partial charge on any atom is -0.481 e. The number of nitrogens with zero attached hydrogens (tertiary/aromatic N) is 1. The van der Waals surface area contributed by atoms with E-state index in [-0.39, 0.29) is 12.5 Å². The highest BCUT2D eigenvalue weighted by Gasteiger charge is 2.33. The molecular formula is C15H27NO3S. The van der Waals surface area contributed by atoms with Crippen LogP contribution in [-0.2, 0) is 9.53 Å². The van der Waals surface area contributed by atoms with Gasteiger partial charge in [-0.2, -0.15) is 11.8 Å². The average molecular weight is 301 g/mol. The lowest BCUT2D eigenvalue weighted by Crippen LogP contribution is -2.48. The molecule has 0 aromatic rings. The Morgan fingerprint density at radius 1 is 1.40 bits per heavy atom. The van der Waals surface area contributed by atoms with Gasteiger partial charge in [-0.05, 0) is 30.4 Å². The van der Waals surface area contributed by atoms with Crippen LogP contribution in [0.5, 0.6) is 0 Å². The van der Waals surface area contributed by atoms with E-state index in [4.69, 9.17) is 9.84 Å². The Balaban J connectivity index is 1.70. The third-order valence-electron chi connectivity index (χ3n) is 4.25. The number of aliphatic carboxylic acids is 1. The van der Waals surface area contributed by atoms with Crippen LogP contribution in [0.25, 0.3) is 0 Å². The van der Waals surface area contributed by atoms with Crippen molar-refractivity contribution in [3.63, 3.8) is 0 Å². The maximum Gasteiger partial charge on any atom is 0.305 e. The van der Waals surface area contributed by atoms with Gasteiger partial charge in [0.15, 0.2) is 0 Å². The van der Waals surface area contributed by atoms with E-state index in [1.165, 1.54) is 17.9 Å². The zero-order valence-electron chi connectivity index (χ0n) is 12.6. The summed E-state index contributed by atoms with van der Waals surface area (Å²) in [4.78, 5) is 13.1. The summed E-state index contributed by atoms with van der Waals surface area (Å²) in [5.41, 5.74) is 0.461. The molecular weight excluding hydrogens is 274 g/mol. The van der Waals surface area contributed by atoms with Crippen molar-refractivity contribution in [1.82, 2.24) is 4.90 Å². The Hall–Kier alpha value is -0.260. The minimum absolute atomic E-state index is 0.119. The van der Waals surface area contributed by atoms with Crippen LogP contribution in [0.4, 0.5) is 0 Å². The maximum absolute atomic E-state index is 10.5. The topological polar surface area (TPSA) is 49.8 Å². The largest absolute Gasteiger partial charge is 0.481 e. The van der Waals surface area contributed by atoms with Gasteiger partial charge in [-0.3, -0.25) is 9.69 Å². The van der Waals surface area contributed by atoms with Gasteiger partial charge in [-0.25, -0.2) is 0 Å². The molecule has 1 N–H and O–H groups in total. The molecule has 2 aliphatic heterocycles. The van der Waals surface area contributed by atoms with Crippen molar-refractivity contribution in [2.24, 2.45) is 5.41 Å². The molecule has 116 valence electrons. The Kier molecular flexibility index (Phi) is 5.75. The highest BCUT2D eigenvalue weighted by Crippen LogP contribution is 2.36. The minimum atomic E-state index is -0.774. The molecule has 1 unspecified atom stereocenters. The van der Waals surface area contributed by atoms with Crippen LogP contribution in [0, 0.1) is 5.41 Å². The van der Waals surface area contributed by atoms with E-state index in [0.717, 1.165) is 25.9 Å². The number of likely N-dealkylation sites (tertiary alicyclic amines) is 1. The first-order valence-corrected chi connectivity index (χ1v) is 8.77. The molecule has 0 aromatic carbocycles. The second-order valence-electron chi connectivity index (χ2n) is 6.79. The number of carboxylic acid groups (broad SMARTS) is 1. The molecule has 0 aliphatic carbocycles. The van der Waals surface area contributed by atoms with Crippen molar-refractivity contribution in [3.05, 3.63) is 0 Å². The van der Waals surface area contributed by atoms with Gasteiger partial charge in [0.2, 0.25) is 0 Å². The smallest absolute Gasteiger partial charge is 0.305 e. The number of carbonyl (C=O) groups is 1. The van der Waals surface area contributed by atoms with Crippen molar-refractivity contribution in [2.75, 3.05) is 31.2 Å². The van der Waals surface area contributed by atoms with Gasteiger partial charge in [-0.15, -0.1) is 0 Å². The monoisotopic (exact) mass is 301 g/mol. The van der Waals surface area contributed by atoms with Gasteiger partial charge in [0.25, 0.3) is 0 Å². The Bertz CT molecular complexity index is 327. The molecule has 2 rings (SSSR count). The van der Waals surface area contributed by atoms with Gasteiger partial charge in [-0.1, -0.05) is 13.8 Å². The number of ether oxygens (including phenoxy) is 1. The van der Waals surface area contributed by atoms with Gasteiger partial charge in [0.1, 0.15) is 0 Å². The number of piperidine rings is 1. The van der Waals surface area contributed by atoms with Crippen LogP contribution >= 0.6 is 11.8 Å². The first-order chi connectivity index (χ1) is 9.46. The fourth-order valence-corrected chi connectivity index (χ4v) is 4.57. The molecule has 0 radical (unpaired) electrons. The number of thioether (sulfide) groups is 1. The van der Waals surface area contributed by atoms with Gasteiger partial charge in [0, 0.05) is 24.9 Å². The van der Waals surface area contributed by atoms with Crippen molar-refractivity contribution < 1.29 is 14.6 Å². The fraction of sp³-hybridized carbons (Fsp3) is 0.933. The fourth-order valence-electron chi connectivity index (χ4n) is 3.18. The second kappa shape index (κ2) is 7.14. The van der Waals surface area contributed by atoms with Gasteiger partial charge in [0.05, 0.1) is 19.1 Å². The number of carboxylic acids is 1. The number of rotatable bonds is 5. The lowest BCUT2D eigenvalue weighted by atomic mass is 9.86. The zero-order chi connectivity index (χ0) is 14.6. The van der Waals surface area contributed by atoms with E-state index in [1.807, 2.05) is 0 Å². The summed E-state index contributed by atoms with van der Waals surface area (Å²) in [6.07, 6.45) is 3.76. The third-order valence-corrected chi connectivity index (χ3v) is 5.86. The van der Waals surface area contributed by atoms with Crippen molar-refractivity contribution >= 4 is 17.7 Å². The summed E-state index contributed by atoms with van der Waals surface area (Å²) in [7, 11) is 0. The third kappa shape index (κ3) is 4.93. The molecule has 0 bridgehead atoms. The molecule has 20 heavy (non-hydrogen) atoms. The van der Waals surface area contributed by atoms with E-state index >= 15 is 0 Å². The SMILES string of the molecule is CC1(C)CSCC(N2CCC(OCCC(=O)O)CC2)C1. The van der Waals surface area contributed by atoms with Gasteiger partial charge >= 0.3 is 5.97 Å². The highest BCUT2D eigenvalue weighted by molar-refractivity contribution is 7.99. The van der Waals surface area contributed by atoms with E-state index < -0.39 is 5.97 Å². The number of hydrogen-bond acceptors (Lipinski definition) is 4. The summed E-state index contributed by atoms with van der Waals surface area (Å²) >= 11 is 2.08. The molecule has 4 nitrogen and oxygen atoms in total. The maximum atomic E-state index is 10.5. The van der Waals surface area contributed by atoms with Crippen LogP contribution in [0.1, 0.15) is 39.5 Å². The molecule has 2 saturated heterocycles. The number of hydrogen-bond donors (Lipinski definition) is 1. The normalized spacial score (nSPS) is 28.4. The lowest BCUT2D eigenvalue weighted by molar-refractivity contribution is -0.138. The van der Waals surface area contributed by atoms with Crippen molar-refractivity contribution in [2.45, 2.75) is 51.7 Å². The lowest BCUT2D eigenvalue weighted by Gasteiger charge is -2.43. The first kappa shape index (κ1) is 16.1. The molecule has 5 heteroatoms. The molecule has 0 aromatic heterocycles. The zero-order valence-corrected chi connectivity index (χ0v) is 13.5. The van der Waals surface area contributed by atoms with Crippen LogP contribution in [0.2, 0.25) is 0 Å². The summed E-state index contributed by atoms with van der Waals surface area (Å²) in [5, 5.41) is 8.61. The predicted molar refractivity (Wildman–Crippen MR) is 82.3 cm³/mol. The predicted octanol–water partition coefficient (Wildman–Crippen LogP) is 2.47. The van der Waals surface area contributed by atoms with Gasteiger partial charge < -0.3 is 9.84 Å². The van der Waals surface area contributed by atoms with Crippen LogP contribution in [0.15, 0.2) is 0 Å². The summed E-state index contributed by atoms with van der Waals surface area (Å²) in [6.45, 7) is 7.28. The second-order valence-corrected chi connectivity index (χ2v) is 7.82. The molecule has 2 heterocycles. The molecule has 1 atom stereocenters. The van der Waals surface area contributed by atoms with Crippen LogP contribution in [-0.4, -0.2) is 59.3 Å². The van der Waals surface area contributed by atoms with Crippen LogP contribution in [0.3, 0.4) is 0 Å². The first-order valence-electron chi connectivity index (χ1n) is 7.61. The Morgan fingerprint density at radius 3 is 2.70 bits per heavy atom. The summed E-state index contributed by atoms with van der Waals surface area (Å²) in [6, 6.07) is 0.712.